The number of rotatable bonds is 3. The fraction of sp³-hybridized carbons (Fsp3) is 0.875. The zero-order valence-electron chi connectivity index (χ0n) is 7.42. The molecule has 0 aromatic carbocycles. The minimum Gasteiger partial charge on any atom is -0.395 e. The van der Waals surface area contributed by atoms with Gasteiger partial charge in [0.25, 0.3) is 0 Å². The lowest BCUT2D eigenvalue weighted by atomic mass is 10.1. The zero-order chi connectivity index (χ0) is 8.97. The number of nitrogens with zero attached hydrogens (tertiary/aromatic N) is 1. The minimum absolute atomic E-state index is 0.0709. The topological polar surface area (TPSA) is 52.6 Å². The number of β-amino-alcohol motifs (C(OH)–C–C–N with tert-alkyl or cyclic N) is 1. The first-order chi connectivity index (χ1) is 5.76. The Morgan fingerprint density at radius 2 is 2.50 bits per heavy atom. The standard InChI is InChI=1S/C8H16N2O2/c1-2-7-5-10(3-4-11)6-8(12)9-7/h7,11H,2-6H2,1H3,(H,9,12)/t7-/m1/s1. The summed E-state index contributed by atoms with van der Waals surface area (Å²) >= 11 is 0. The summed E-state index contributed by atoms with van der Waals surface area (Å²) in [6, 6.07) is 0.262. The van der Waals surface area contributed by atoms with Crippen molar-refractivity contribution in [2.45, 2.75) is 19.4 Å². The first-order valence-corrected chi connectivity index (χ1v) is 4.38. The molecule has 4 heteroatoms. The van der Waals surface area contributed by atoms with Crippen LogP contribution in [0.3, 0.4) is 0 Å². The van der Waals surface area contributed by atoms with Crippen molar-refractivity contribution < 1.29 is 9.90 Å². The maximum absolute atomic E-state index is 11.1. The van der Waals surface area contributed by atoms with Crippen molar-refractivity contribution in [2.75, 3.05) is 26.2 Å². The second kappa shape index (κ2) is 4.42. The van der Waals surface area contributed by atoms with Gasteiger partial charge in [-0.05, 0) is 6.42 Å². The predicted octanol–water partition coefficient (Wildman–Crippen LogP) is -0.811. The van der Waals surface area contributed by atoms with Crippen LogP contribution in [-0.4, -0.2) is 48.2 Å². The van der Waals surface area contributed by atoms with Crippen molar-refractivity contribution in [3.63, 3.8) is 0 Å². The summed E-state index contributed by atoms with van der Waals surface area (Å²) in [4.78, 5) is 13.1. The Morgan fingerprint density at radius 3 is 3.08 bits per heavy atom. The van der Waals surface area contributed by atoms with Crippen molar-refractivity contribution in [1.82, 2.24) is 10.2 Å². The largest absolute Gasteiger partial charge is 0.395 e. The summed E-state index contributed by atoms with van der Waals surface area (Å²) < 4.78 is 0. The molecule has 1 rings (SSSR count). The molecule has 1 saturated heterocycles. The Kier molecular flexibility index (Phi) is 3.49. The van der Waals surface area contributed by atoms with Crippen LogP contribution < -0.4 is 5.32 Å². The van der Waals surface area contributed by atoms with Crippen molar-refractivity contribution in [3.8, 4) is 0 Å². The Morgan fingerprint density at radius 1 is 1.75 bits per heavy atom. The highest BCUT2D eigenvalue weighted by Gasteiger charge is 2.22. The van der Waals surface area contributed by atoms with Crippen LogP contribution in [0.15, 0.2) is 0 Å². The fourth-order valence-corrected chi connectivity index (χ4v) is 1.44. The summed E-state index contributed by atoms with van der Waals surface area (Å²) in [5.41, 5.74) is 0. The number of carbonyl (C=O) groups excluding carboxylic acids is 1. The summed E-state index contributed by atoms with van der Waals surface area (Å²) in [7, 11) is 0. The Balaban J connectivity index is 2.39. The van der Waals surface area contributed by atoms with E-state index < -0.39 is 0 Å². The van der Waals surface area contributed by atoms with Gasteiger partial charge in [0.2, 0.25) is 5.91 Å². The lowest BCUT2D eigenvalue weighted by Gasteiger charge is -2.31. The minimum atomic E-state index is 0.0709. The van der Waals surface area contributed by atoms with Crippen LogP contribution in [0, 0.1) is 0 Å². The van der Waals surface area contributed by atoms with Gasteiger partial charge >= 0.3 is 0 Å². The maximum atomic E-state index is 11.1. The van der Waals surface area contributed by atoms with Crippen molar-refractivity contribution in [3.05, 3.63) is 0 Å². The third kappa shape index (κ3) is 2.46. The lowest BCUT2D eigenvalue weighted by molar-refractivity contribution is -0.125. The molecule has 0 spiro atoms. The van der Waals surface area contributed by atoms with Crippen LogP contribution in [0.1, 0.15) is 13.3 Å². The molecule has 0 aromatic rings. The number of aliphatic hydroxyl groups excluding tert-OH is 1. The van der Waals surface area contributed by atoms with Gasteiger partial charge in [-0.25, -0.2) is 0 Å². The molecule has 70 valence electrons. The second-order valence-electron chi connectivity index (χ2n) is 3.13. The molecule has 0 aromatic heterocycles. The molecule has 1 atom stereocenters. The van der Waals surface area contributed by atoms with Crippen LogP contribution >= 0.6 is 0 Å². The quantitative estimate of drug-likeness (QED) is 0.585. The molecular weight excluding hydrogens is 156 g/mol. The number of carbonyl (C=O) groups is 1. The maximum Gasteiger partial charge on any atom is 0.234 e. The molecule has 1 amide bonds. The Bertz CT molecular complexity index is 161. The van der Waals surface area contributed by atoms with Gasteiger partial charge in [0.1, 0.15) is 0 Å². The zero-order valence-corrected chi connectivity index (χ0v) is 7.42. The van der Waals surface area contributed by atoms with E-state index in [1.165, 1.54) is 0 Å². The SMILES string of the molecule is CC[C@@H]1CN(CCO)CC(=O)N1. The second-order valence-corrected chi connectivity index (χ2v) is 3.13. The number of aliphatic hydroxyl groups is 1. The number of hydrogen-bond acceptors (Lipinski definition) is 3. The fourth-order valence-electron chi connectivity index (χ4n) is 1.44. The smallest absolute Gasteiger partial charge is 0.234 e. The van der Waals surface area contributed by atoms with E-state index in [0.29, 0.717) is 13.1 Å². The molecule has 0 unspecified atom stereocenters. The van der Waals surface area contributed by atoms with E-state index >= 15 is 0 Å². The molecule has 4 nitrogen and oxygen atoms in total. The predicted molar refractivity (Wildman–Crippen MR) is 45.7 cm³/mol. The monoisotopic (exact) mass is 172 g/mol. The average molecular weight is 172 g/mol. The van der Waals surface area contributed by atoms with Crippen LogP contribution in [0.4, 0.5) is 0 Å². The van der Waals surface area contributed by atoms with Gasteiger partial charge < -0.3 is 10.4 Å². The van der Waals surface area contributed by atoms with E-state index in [9.17, 15) is 4.79 Å². The van der Waals surface area contributed by atoms with Gasteiger partial charge in [-0.2, -0.15) is 0 Å². The number of hydrogen-bond donors (Lipinski definition) is 2. The Labute approximate surface area is 72.6 Å². The van der Waals surface area contributed by atoms with Crippen molar-refractivity contribution >= 4 is 5.91 Å². The van der Waals surface area contributed by atoms with Gasteiger partial charge in [0.05, 0.1) is 13.2 Å². The van der Waals surface area contributed by atoms with Crippen LogP contribution in [0.25, 0.3) is 0 Å². The van der Waals surface area contributed by atoms with E-state index in [2.05, 4.69) is 5.32 Å². The average Bonchev–Trinajstić information content (AvgIpc) is 2.04. The van der Waals surface area contributed by atoms with Gasteiger partial charge in [-0.15, -0.1) is 0 Å². The van der Waals surface area contributed by atoms with E-state index in [-0.39, 0.29) is 18.6 Å². The van der Waals surface area contributed by atoms with Gasteiger partial charge in [-0.3, -0.25) is 9.69 Å². The van der Waals surface area contributed by atoms with Crippen LogP contribution in [0.2, 0.25) is 0 Å². The van der Waals surface area contributed by atoms with E-state index in [0.717, 1.165) is 13.0 Å². The van der Waals surface area contributed by atoms with Crippen LogP contribution in [0.5, 0.6) is 0 Å². The molecule has 0 radical (unpaired) electrons. The molecule has 0 bridgehead atoms. The molecular formula is C8H16N2O2. The van der Waals surface area contributed by atoms with Crippen molar-refractivity contribution in [2.24, 2.45) is 0 Å². The van der Waals surface area contributed by atoms with E-state index in [4.69, 9.17) is 5.11 Å². The first-order valence-electron chi connectivity index (χ1n) is 4.38. The molecule has 1 heterocycles. The molecule has 12 heavy (non-hydrogen) atoms. The van der Waals surface area contributed by atoms with Crippen LogP contribution in [-0.2, 0) is 4.79 Å². The molecule has 0 saturated carbocycles. The third-order valence-corrected chi connectivity index (χ3v) is 2.12. The van der Waals surface area contributed by atoms with E-state index in [1.54, 1.807) is 0 Å². The summed E-state index contributed by atoms with van der Waals surface area (Å²) in [5.74, 6) is 0.0709. The highest BCUT2D eigenvalue weighted by atomic mass is 16.3. The molecule has 2 N–H and O–H groups in total. The molecule has 1 fully saturated rings. The lowest BCUT2D eigenvalue weighted by Crippen LogP contribution is -2.54. The molecule has 1 aliphatic heterocycles. The molecule has 1 aliphatic rings. The van der Waals surface area contributed by atoms with E-state index in [1.807, 2.05) is 11.8 Å². The number of piperazine rings is 1. The normalized spacial score (nSPS) is 25.5. The van der Waals surface area contributed by atoms with Gasteiger partial charge in [-0.1, -0.05) is 6.92 Å². The summed E-state index contributed by atoms with van der Waals surface area (Å²) in [6.07, 6.45) is 0.952. The Hall–Kier alpha value is -0.610. The number of amides is 1. The summed E-state index contributed by atoms with van der Waals surface area (Å²) in [5, 5.41) is 11.6. The van der Waals surface area contributed by atoms with Crippen molar-refractivity contribution in [1.29, 1.82) is 0 Å². The van der Waals surface area contributed by atoms with Gasteiger partial charge in [0.15, 0.2) is 0 Å². The molecule has 0 aliphatic carbocycles. The highest BCUT2D eigenvalue weighted by molar-refractivity contribution is 5.79. The first kappa shape index (κ1) is 9.48. The number of nitrogens with one attached hydrogen (secondary N) is 1. The van der Waals surface area contributed by atoms with Gasteiger partial charge in [0, 0.05) is 19.1 Å². The highest BCUT2D eigenvalue weighted by Crippen LogP contribution is 2.01. The third-order valence-electron chi connectivity index (χ3n) is 2.12. The summed E-state index contributed by atoms with van der Waals surface area (Å²) in [6.45, 7) is 4.07.